The summed E-state index contributed by atoms with van der Waals surface area (Å²) < 4.78 is 19.2. The number of likely N-dealkylation sites (N-methyl/N-ethyl adjacent to an activating group) is 1. The van der Waals surface area contributed by atoms with E-state index in [9.17, 15) is 4.39 Å². The number of halogens is 2. The molecule has 5 heteroatoms. The first kappa shape index (κ1) is 13.7. The molecule has 100 valence electrons. The fraction of sp³-hybridized carbons (Fsp3) is 0.538. The van der Waals surface area contributed by atoms with Crippen LogP contribution in [0, 0.1) is 5.82 Å². The normalized spacial score (nSPS) is 21.2. The number of benzene rings is 1. The number of morpholine rings is 1. The highest BCUT2D eigenvalue weighted by Crippen LogP contribution is 2.22. The molecule has 1 unspecified atom stereocenters. The van der Waals surface area contributed by atoms with E-state index in [0.29, 0.717) is 30.3 Å². The first-order valence-electron chi connectivity index (χ1n) is 6.11. The van der Waals surface area contributed by atoms with Gasteiger partial charge in [-0.05, 0) is 19.2 Å². The molecule has 0 aliphatic carbocycles. The van der Waals surface area contributed by atoms with Gasteiger partial charge in [0.1, 0.15) is 5.82 Å². The molecule has 1 saturated heterocycles. The predicted octanol–water partition coefficient (Wildman–Crippen LogP) is 1.90. The zero-order valence-corrected chi connectivity index (χ0v) is 11.2. The standard InChI is InChI=1S/C13H18ClFN2O/c1-16-7-10-9-18-6-5-17(10)8-11-12(14)3-2-4-13(11)15/h2-4,10,16H,5-9H2,1H3. The highest BCUT2D eigenvalue weighted by atomic mass is 35.5. The van der Waals surface area contributed by atoms with Crippen molar-refractivity contribution in [2.24, 2.45) is 0 Å². The topological polar surface area (TPSA) is 24.5 Å². The molecule has 0 spiro atoms. The average molecular weight is 273 g/mol. The smallest absolute Gasteiger partial charge is 0.129 e. The van der Waals surface area contributed by atoms with Crippen molar-refractivity contribution in [1.82, 2.24) is 10.2 Å². The van der Waals surface area contributed by atoms with Gasteiger partial charge in [-0.1, -0.05) is 17.7 Å². The fourth-order valence-electron chi connectivity index (χ4n) is 2.21. The summed E-state index contributed by atoms with van der Waals surface area (Å²) in [5.41, 5.74) is 0.571. The number of hydrogen-bond acceptors (Lipinski definition) is 3. The number of hydrogen-bond donors (Lipinski definition) is 1. The largest absolute Gasteiger partial charge is 0.378 e. The van der Waals surface area contributed by atoms with Crippen molar-refractivity contribution in [3.8, 4) is 0 Å². The Bertz CT molecular complexity index is 380. The lowest BCUT2D eigenvalue weighted by Gasteiger charge is -2.35. The van der Waals surface area contributed by atoms with Crippen molar-refractivity contribution >= 4 is 11.6 Å². The Morgan fingerprint density at radius 3 is 3.11 bits per heavy atom. The number of nitrogens with one attached hydrogen (secondary N) is 1. The van der Waals surface area contributed by atoms with Crippen molar-refractivity contribution < 1.29 is 9.13 Å². The third-order valence-electron chi connectivity index (χ3n) is 3.21. The lowest BCUT2D eigenvalue weighted by molar-refractivity contribution is -0.0107. The molecule has 18 heavy (non-hydrogen) atoms. The van der Waals surface area contributed by atoms with E-state index in [1.165, 1.54) is 6.07 Å². The van der Waals surface area contributed by atoms with Crippen molar-refractivity contribution in [2.45, 2.75) is 12.6 Å². The van der Waals surface area contributed by atoms with Gasteiger partial charge >= 0.3 is 0 Å². The van der Waals surface area contributed by atoms with Crippen LogP contribution in [0.1, 0.15) is 5.56 Å². The molecule has 1 aliphatic heterocycles. The van der Waals surface area contributed by atoms with Gasteiger partial charge < -0.3 is 10.1 Å². The van der Waals surface area contributed by atoms with Gasteiger partial charge in [0.05, 0.1) is 13.2 Å². The van der Waals surface area contributed by atoms with Crippen LogP contribution in [0.2, 0.25) is 5.02 Å². The van der Waals surface area contributed by atoms with E-state index < -0.39 is 0 Å². The van der Waals surface area contributed by atoms with Crippen LogP contribution < -0.4 is 5.32 Å². The second kappa shape index (κ2) is 6.48. The molecular formula is C13H18ClFN2O. The van der Waals surface area contributed by atoms with Crippen molar-refractivity contribution in [3.05, 3.63) is 34.6 Å². The molecule has 2 rings (SSSR count). The Balaban J connectivity index is 2.11. The molecule has 1 aromatic rings. The molecule has 0 radical (unpaired) electrons. The van der Waals surface area contributed by atoms with Crippen LogP contribution in [0.15, 0.2) is 18.2 Å². The van der Waals surface area contributed by atoms with Gasteiger partial charge in [-0.25, -0.2) is 4.39 Å². The molecule has 0 saturated carbocycles. The maximum absolute atomic E-state index is 13.8. The van der Waals surface area contributed by atoms with Crippen LogP contribution in [0.4, 0.5) is 4.39 Å². The first-order valence-corrected chi connectivity index (χ1v) is 6.49. The van der Waals surface area contributed by atoms with E-state index in [1.807, 2.05) is 7.05 Å². The molecule has 3 nitrogen and oxygen atoms in total. The predicted molar refractivity (Wildman–Crippen MR) is 70.4 cm³/mol. The Morgan fingerprint density at radius 2 is 2.39 bits per heavy atom. The highest BCUT2D eigenvalue weighted by Gasteiger charge is 2.24. The molecule has 1 N–H and O–H groups in total. The molecule has 1 aliphatic rings. The summed E-state index contributed by atoms with van der Waals surface area (Å²) in [6.07, 6.45) is 0. The fourth-order valence-corrected chi connectivity index (χ4v) is 2.43. The second-order valence-corrected chi connectivity index (χ2v) is 4.86. The third-order valence-corrected chi connectivity index (χ3v) is 3.57. The number of rotatable bonds is 4. The SMILES string of the molecule is CNCC1COCCN1Cc1c(F)cccc1Cl. The minimum Gasteiger partial charge on any atom is -0.378 e. The molecule has 1 atom stereocenters. The minimum atomic E-state index is -0.239. The summed E-state index contributed by atoms with van der Waals surface area (Å²) in [5.74, 6) is -0.239. The van der Waals surface area contributed by atoms with Crippen molar-refractivity contribution in [1.29, 1.82) is 0 Å². The third kappa shape index (κ3) is 3.20. The molecule has 0 aromatic heterocycles. The molecular weight excluding hydrogens is 255 g/mol. The van der Waals surface area contributed by atoms with Crippen LogP contribution in [0.3, 0.4) is 0 Å². The van der Waals surface area contributed by atoms with E-state index in [1.54, 1.807) is 12.1 Å². The number of ether oxygens (including phenoxy) is 1. The molecule has 1 heterocycles. The van der Waals surface area contributed by atoms with E-state index in [4.69, 9.17) is 16.3 Å². The maximum atomic E-state index is 13.8. The quantitative estimate of drug-likeness (QED) is 0.906. The molecule has 0 amide bonds. The second-order valence-electron chi connectivity index (χ2n) is 4.46. The van der Waals surface area contributed by atoms with Crippen molar-refractivity contribution in [2.75, 3.05) is 33.4 Å². The molecule has 1 aromatic carbocycles. The summed E-state index contributed by atoms with van der Waals surface area (Å²) in [6.45, 7) is 3.52. The van der Waals surface area contributed by atoms with Crippen LogP contribution in [0.25, 0.3) is 0 Å². The minimum absolute atomic E-state index is 0.239. The zero-order valence-electron chi connectivity index (χ0n) is 10.5. The summed E-state index contributed by atoms with van der Waals surface area (Å²) in [6, 6.07) is 5.08. The zero-order chi connectivity index (χ0) is 13.0. The number of nitrogens with zero attached hydrogens (tertiary/aromatic N) is 1. The first-order chi connectivity index (χ1) is 8.72. The van der Waals surface area contributed by atoms with Gasteiger partial charge in [0, 0.05) is 36.3 Å². The highest BCUT2D eigenvalue weighted by molar-refractivity contribution is 6.31. The van der Waals surface area contributed by atoms with Crippen LogP contribution >= 0.6 is 11.6 Å². The van der Waals surface area contributed by atoms with E-state index in [2.05, 4.69) is 10.2 Å². The van der Waals surface area contributed by atoms with Crippen LogP contribution in [-0.2, 0) is 11.3 Å². The van der Waals surface area contributed by atoms with Gasteiger partial charge in [0.15, 0.2) is 0 Å². The van der Waals surface area contributed by atoms with E-state index >= 15 is 0 Å². The maximum Gasteiger partial charge on any atom is 0.129 e. The van der Waals surface area contributed by atoms with Crippen LogP contribution in [-0.4, -0.2) is 44.3 Å². The Labute approximate surface area is 112 Å². The lowest BCUT2D eigenvalue weighted by atomic mass is 10.1. The Kier molecular flexibility index (Phi) is 4.95. The summed E-state index contributed by atoms with van der Waals surface area (Å²) in [5, 5.41) is 3.62. The van der Waals surface area contributed by atoms with Gasteiger partial charge in [0.25, 0.3) is 0 Å². The van der Waals surface area contributed by atoms with Crippen molar-refractivity contribution in [3.63, 3.8) is 0 Å². The summed E-state index contributed by atoms with van der Waals surface area (Å²) in [4.78, 5) is 2.21. The summed E-state index contributed by atoms with van der Waals surface area (Å²) >= 11 is 6.06. The van der Waals surface area contributed by atoms with Gasteiger partial charge in [-0.2, -0.15) is 0 Å². The average Bonchev–Trinajstić information content (AvgIpc) is 2.36. The molecule has 0 bridgehead atoms. The monoisotopic (exact) mass is 272 g/mol. The van der Waals surface area contributed by atoms with Gasteiger partial charge in [0.2, 0.25) is 0 Å². The Hall–Kier alpha value is -0.680. The Morgan fingerprint density at radius 1 is 1.56 bits per heavy atom. The van der Waals surface area contributed by atoms with E-state index in [0.717, 1.165) is 13.1 Å². The summed E-state index contributed by atoms with van der Waals surface area (Å²) in [7, 11) is 1.91. The lowest BCUT2D eigenvalue weighted by Crippen LogP contribution is -2.49. The van der Waals surface area contributed by atoms with Crippen LogP contribution in [0.5, 0.6) is 0 Å². The van der Waals surface area contributed by atoms with Gasteiger partial charge in [-0.15, -0.1) is 0 Å². The van der Waals surface area contributed by atoms with Gasteiger partial charge in [-0.3, -0.25) is 4.90 Å². The molecule has 1 fully saturated rings. The van der Waals surface area contributed by atoms with E-state index in [-0.39, 0.29) is 11.9 Å².